The number of carbonyl (C=O) groups excluding carboxylic acids is 1. The van der Waals surface area contributed by atoms with Gasteiger partial charge in [-0.1, -0.05) is 18.2 Å². The number of hydrogen-bond acceptors (Lipinski definition) is 4. The minimum Gasteiger partial charge on any atom is -0.497 e. The predicted octanol–water partition coefficient (Wildman–Crippen LogP) is 2.81. The third-order valence-electron chi connectivity index (χ3n) is 5.04. The summed E-state index contributed by atoms with van der Waals surface area (Å²) >= 11 is 0. The van der Waals surface area contributed by atoms with Crippen LogP contribution in [0.4, 0.5) is 0 Å². The van der Waals surface area contributed by atoms with E-state index in [1.165, 1.54) is 0 Å². The van der Waals surface area contributed by atoms with E-state index in [1.807, 2.05) is 32.0 Å². The molecule has 0 aliphatic carbocycles. The lowest BCUT2D eigenvalue weighted by atomic mass is 9.94. The summed E-state index contributed by atoms with van der Waals surface area (Å²) in [6.45, 7) is 3.99. The molecule has 1 aliphatic rings. The fourth-order valence-electron chi connectivity index (χ4n) is 3.29. The molecule has 0 bridgehead atoms. The number of carboxylic acids is 1. The Kier molecular flexibility index (Phi) is 5.35. The standard InChI is InChI=1S/C21H23NO5/c1-12-5-4-6-17(13(12)2)19(21(24)25)22-20(23)15-9-14-10-16(26-3)7-8-18(14)27-11-15/h4-8,10,15,19H,9,11H2,1-3H3,(H,22,23)(H,24,25). The largest absolute Gasteiger partial charge is 0.497 e. The number of rotatable bonds is 5. The summed E-state index contributed by atoms with van der Waals surface area (Å²) < 4.78 is 10.9. The molecule has 2 atom stereocenters. The molecule has 0 saturated carbocycles. The van der Waals surface area contributed by atoms with Gasteiger partial charge >= 0.3 is 5.97 Å². The van der Waals surface area contributed by atoms with E-state index in [0.29, 0.717) is 17.7 Å². The number of methoxy groups -OCH3 is 1. The first-order valence-corrected chi connectivity index (χ1v) is 8.79. The Balaban J connectivity index is 1.78. The number of ether oxygens (including phenoxy) is 2. The summed E-state index contributed by atoms with van der Waals surface area (Å²) in [5.41, 5.74) is 3.31. The van der Waals surface area contributed by atoms with Crippen molar-refractivity contribution in [1.82, 2.24) is 5.32 Å². The molecule has 142 valence electrons. The molecule has 0 aromatic heterocycles. The monoisotopic (exact) mass is 369 g/mol. The van der Waals surface area contributed by atoms with Crippen LogP contribution in [-0.2, 0) is 16.0 Å². The van der Waals surface area contributed by atoms with E-state index in [2.05, 4.69) is 5.32 Å². The van der Waals surface area contributed by atoms with E-state index in [9.17, 15) is 14.7 Å². The molecule has 6 nitrogen and oxygen atoms in total. The summed E-state index contributed by atoms with van der Waals surface area (Å²) in [4.78, 5) is 24.6. The first kappa shape index (κ1) is 18.8. The van der Waals surface area contributed by atoms with Crippen LogP contribution in [0.3, 0.4) is 0 Å². The molecule has 27 heavy (non-hydrogen) atoms. The molecule has 2 aromatic carbocycles. The number of nitrogens with one attached hydrogen (secondary N) is 1. The summed E-state index contributed by atoms with van der Waals surface area (Å²) in [6, 6.07) is 9.82. The van der Waals surface area contributed by atoms with Crippen molar-refractivity contribution in [2.24, 2.45) is 5.92 Å². The Morgan fingerprint density at radius 3 is 2.74 bits per heavy atom. The lowest BCUT2D eigenvalue weighted by Crippen LogP contribution is -2.41. The predicted molar refractivity (Wildman–Crippen MR) is 100 cm³/mol. The molecule has 6 heteroatoms. The third-order valence-corrected chi connectivity index (χ3v) is 5.04. The van der Waals surface area contributed by atoms with Crippen LogP contribution in [0, 0.1) is 19.8 Å². The van der Waals surface area contributed by atoms with E-state index in [-0.39, 0.29) is 12.5 Å². The first-order chi connectivity index (χ1) is 12.9. The van der Waals surface area contributed by atoms with E-state index >= 15 is 0 Å². The van der Waals surface area contributed by atoms with Crippen molar-refractivity contribution in [3.8, 4) is 11.5 Å². The minimum absolute atomic E-state index is 0.213. The van der Waals surface area contributed by atoms with Gasteiger partial charge in [0.25, 0.3) is 0 Å². The van der Waals surface area contributed by atoms with Gasteiger partial charge in [-0.3, -0.25) is 4.79 Å². The van der Waals surface area contributed by atoms with Crippen LogP contribution < -0.4 is 14.8 Å². The van der Waals surface area contributed by atoms with E-state index in [1.54, 1.807) is 25.3 Å². The average molecular weight is 369 g/mol. The SMILES string of the molecule is COc1ccc2c(c1)CC(C(=O)NC(C(=O)O)c1cccc(C)c1C)CO2. The number of aliphatic carboxylic acids is 1. The van der Waals surface area contributed by atoms with Gasteiger partial charge in [-0.25, -0.2) is 4.79 Å². The van der Waals surface area contributed by atoms with Crippen LogP contribution >= 0.6 is 0 Å². The Hall–Kier alpha value is -3.02. The Bertz CT molecular complexity index is 877. The molecule has 2 aromatic rings. The van der Waals surface area contributed by atoms with Crippen molar-refractivity contribution in [2.45, 2.75) is 26.3 Å². The number of aryl methyl sites for hydroxylation is 1. The number of amides is 1. The molecule has 2 unspecified atom stereocenters. The van der Waals surface area contributed by atoms with Crippen molar-refractivity contribution in [3.05, 3.63) is 58.7 Å². The second kappa shape index (κ2) is 7.70. The van der Waals surface area contributed by atoms with Gasteiger partial charge < -0.3 is 19.9 Å². The zero-order chi connectivity index (χ0) is 19.6. The molecule has 1 heterocycles. The first-order valence-electron chi connectivity index (χ1n) is 8.79. The highest BCUT2D eigenvalue weighted by Crippen LogP contribution is 2.31. The molecule has 3 rings (SSSR count). The van der Waals surface area contributed by atoms with Crippen LogP contribution in [0.25, 0.3) is 0 Å². The van der Waals surface area contributed by atoms with Gasteiger partial charge in [0, 0.05) is 0 Å². The van der Waals surface area contributed by atoms with Gasteiger partial charge in [-0.05, 0) is 60.7 Å². The van der Waals surface area contributed by atoms with Crippen LogP contribution in [0.2, 0.25) is 0 Å². The van der Waals surface area contributed by atoms with Crippen LogP contribution in [0.1, 0.15) is 28.3 Å². The summed E-state index contributed by atoms with van der Waals surface area (Å²) in [5.74, 6) is -0.467. The van der Waals surface area contributed by atoms with E-state index in [4.69, 9.17) is 9.47 Å². The number of benzene rings is 2. The molecule has 0 saturated heterocycles. The van der Waals surface area contributed by atoms with Gasteiger partial charge in [0.1, 0.15) is 18.1 Å². The molecule has 0 spiro atoms. The molecule has 2 N–H and O–H groups in total. The summed E-state index contributed by atoms with van der Waals surface area (Å²) in [7, 11) is 1.58. The maximum absolute atomic E-state index is 12.8. The van der Waals surface area contributed by atoms with Crippen molar-refractivity contribution >= 4 is 11.9 Å². The van der Waals surface area contributed by atoms with Crippen LogP contribution in [0.15, 0.2) is 36.4 Å². The maximum atomic E-state index is 12.8. The van der Waals surface area contributed by atoms with Crippen molar-refractivity contribution in [2.75, 3.05) is 13.7 Å². The van der Waals surface area contributed by atoms with Gasteiger partial charge in [-0.15, -0.1) is 0 Å². The van der Waals surface area contributed by atoms with E-state index in [0.717, 1.165) is 22.4 Å². The van der Waals surface area contributed by atoms with E-state index < -0.39 is 17.9 Å². The molecule has 0 radical (unpaired) electrons. The number of fused-ring (bicyclic) bond motifs is 1. The average Bonchev–Trinajstić information content (AvgIpc) is 2.67. The summed E-state index contributed by atoms with van der Waals surface area (Å²) in [6.07, 6.45) is 0.470. The van der Waals surface area contributed by atoms with Crippen molar-refractivity contribution < 1.29 is 24.2 Å². The highest BCUT2D eigenvalue weighted by atomic mass is 16.5. The maximum Gasteiger partial charge on any atom is 0.330 e. The van der Waals surface area contributed by atoms with Crippen molar-refractivity contribution in [1.29, 1.82) is 0 Å². The number of hydrogen-bond donors (Lipinski definition) is 2. The highest BCUT2D eigenvalue weighted by molar-refractivity contribution is 5.86. The highest BCUT2D eigenvalue weighted by Gasteiger charge is 2.31. The Morgan fingerprint density at radius 2 is 2.04 bits per heavy atom. The van der Waals surface area contributed by atoms with Gasteiger partial charge in [0.15, 0.2) is 6.04 Å². The van der Waals surface area contributed by atoms with Crippen molar-refractivity contribution in [3.63, 3.8) is 0 Å². The minimum atomic E-state index is -1.09. The molecular weight excluding hydrogens is 346 g/mol. The zero-order valence-electron chi connectivity index (χ0n) is 15.6. The zero-order valence-corrected chi connectivity index (χ0v) is 15.6. The smallest absolute Gasteiger partial charge is 0.330 e. The topological polar surface area (TPSA) is 84.9 Å². The fourth-order valence-corrected chi connectivity index (χ4v) is 3.29. The molecule has 1 amide bonds. The molecule has 1 aliphatic heterocycles. The lowest BCUT2D eigenvalue weighted by Gasteiger charge is -2.26. The number of carboxylic acid groups (broad SMARTS) is 1. The van der Waals surface area contributed by atoms with Gasteiger partial charge in [0.05, 0.1) is 13.0 Å². The second-order valence-electron chi connectivity index (χ2n) is 6.75. The van der Waals surface area contributed by atoms with Gasteiger partial charge in [0.2, 0.25) is 5.91 Å². The quantitative estimate of drug-likeness (QED) is 0.847. The van der Waals surface area contributed by atoms with Crippen LogP contribution in [-0.4, -0.2) is 30.7 Å². The Morgan fingerprint density at radius 1 is 1.26 bits per heavy atom. The van der Waals surface area contributed by atoms with Crippen LogP contribution in [0.5, 0.6) is 11.5 Å². The summed E-state index contributed by atoms with van der Waals surface area (Å²) in [5, 5.41) is 12.3. The Labute approximate surface area is 158 Å². The third kappa shape index (κ3) is 3.89. The van der Waals surface area contributed by atoms with Gasteiger partial charge in [-0.2, -0.15) is 0 Å². The lowest BCUT2D eigenvalue weighted by molar-refractivity contribution is -0.143. The second-order valence-corrected chi connectivity index (χ2v) is 6.75. The molecule has 0 fully saturated rings. The number of carbonyl (C=O) groups is 2. The normalized spacial score (nSPS) is 16.6. The fraction of sp³-hybridized carbons (Fsp3) is 0.333. The molecular formula is C21H23NO5.